The molecule has 1 atom stereocenters. The van der Waals surface area contributed by atoms with Gasteiger partial charge < -0.3 is 10.6 Å². The summed E-state index contributed by atoms with van der Waals surface area (Å²) < 4.78 is 40.2. The summed E-state index contributed by atoms with van der Waals surface area (Å²) in [4.78, 5) is 9.25. The molecule has 1 heterocycles. The van der Waals surface area contributed by atoms with E-state index in [-0.39, 0.29) is 19.5 Å². The molecule has 0 radical (unpaired) electrons. The lowest BCUT2D eigenvalue weighted by Gasteiger charge is -2.22. The third-order valence-corrected chi connectivity index (χ3v) is 7.18. The molecule has 170 valence electrons. The number of fused-ring (bicyclic) bond motifs is 1. The Hall–Kier alpha value is -2.40. The van der Waals surface area contributed by atoms with Gasteiger partial charge in [0.1, 0.15) is 11.6 Å². The molecule has 0 amide bonds. The van der Waals surface area contributed by atoms with E-state index in [2.05, 4.69) is 46.1 Å². The molecule has 1 unspecified atom stereocenters. The fourth-order valence-electron chi connectivity index (χ4n) is 4.04. The summed E-state index contributed by atoms with van der Waals surface area (Å²) >= 11 is 0. The van der Waals surface area contributed by atoms with Gasteiger partial charge in [-0.25, -0.2) is 9.97 Å². The molecule has 0 aliphatic heterocycles. The zero-order valence-corrected chi connectivity index (χ0v) is 19.8. The van der Waals surface area contributed by atoms with Crippen LogP contribution in [0.3, 0.4) is 0 Å². The summed E-state index contributed by atoms with van der Waals surface area (Å²) in [5, 5.41) is 9.13. The van der Waals surface area contributed by atoms with Crippen LogP contribution in [0.1, 0.15) is 48.3 Å². The molecule has 1 fully saturated rings. The van der Waals surface area contributed by atoms with Crippen LogP contribution in [0.25, 0.3) is 10.9 Å². The number of alkyl halides is 3. The Balaban J connectivity index is 1.75. The van der Waals surface area contributed by atoms with Crippen molar-refractivity contribution in [3.8, 4) is 0 Å². The average molecular weight is 460 g/mol. The first-order valence-electron chi connectivity index (χ1n) is 10.7. The normalized spacial score (nSPS) is 15.3. The number of anilines is 2. The van der Waals surface area contributed by atoms with Crippen molar-refractivity contribution in [2.45, 2.75) is 51.9 Å². The first-order chi connectivity index (χ1) is 15.0. The van der Waals surface area contributed by atoms with Crippen LogP contribution in [0.4, 0.5) is 24.7 Å². The van der Waals surface area contributed by atoms with E-state index < -0.39 is 11.7 Å². The van der Waals surface area contributed by atoms with E-state index in [1.807, 2.05) is 13.8 Å². The largest absolute Gasteiger partial charge is 0.416 e. The van der Waals surface area contributed by atoms with Crippen molar-refractivity contribution in [3.05, 3.63) is 52.8 Å². The number of aromatic nitrogens is 2. The highest BCUT2D eigenvalue weighted by Crippen LogP contribution is 2.37. The maximum absolute atomic E-state index is 13.4. The highest BCUT2D eigenvalue weighted by molar-refractivity contribution is 7.64. The van der Waals surface area contributed by atoms with Crippen LogP contribution in [-0.2, 0) is 6.18 Å². The lowest BCUT2D eigenvalue weighted by atomic mass is 9.97. The SMILES string of the molecule is Cc1nc(NC(C)c2cccc(C(F)(F)F)c2C)c2cc(P(C)C)c(NC3CC3)cc2n1. The van der Waals surface area contributed by atoms with Gasteiger partial charge >= 0.3 is 6.18 Å². The molecule has 2 aromatic carbocycles. The molecule has 3 aromatic rings. The summed E-state index contributed by atoms with van der Waals surface area (Å²) in [6.45, 7) is 9.65. The van der Waals surface area contributed by atoms with Crippen LogP contribution in [0, 0.1) is 13.8 Å². The summed E-state index contributed by atoms with van der Waals surface area (Å²) in [7, 11) is -0.370. The monoisotopic (exact) mass is 460 g/mol. The topological polar surface area (TPSA) is 49.8 Å². The van der Waals surface area contributed by atoms with Gasteiger partial charge in [0.2, 0.25) is 0 Å². The van der Waals surface area contributed by atoms with Gasteiger partial charge in [-0.15, -0.1) is 0 Å². The molecule has 0 saturated heterocycles. The predicted octanol–water partition coefficient (Wildman–Crippen LogP) is 6.38. The second kappa shape index (κ2) is 8.51. The van der Waals surface area contributed by atoms with E-state index in [9.17, 15) is 13.2 Å². The number of rotatable bonds is 6. The van der Waals surface area contributed by atoms with Gasteiger partial charge in [0.05, 0.1) is 17.1 Å². The minimum absolute atomic E-state index is 0.234. The van der Waals surface area contributed by atoms with Gasteiger partial charge in [-0.1, -0.05) is 20.1 Å². The smallest absolute Gasteiger partial charge is 0.382 e. The van der Waals surface area contributed by atoms with E-state index in [0.717, 1.165) is 22.7 Å². The second-order valence-electron chi connectivity index (χ2n) is 8.70. The highest BCUT2D eigenvalue weighted by atomic mass is 31.1. The van der Waals surface area contributed by atoms with Gasteiger partial charge in [0, 0.05) is 17.1 Å². The Morgan fingerprint density at radius 3 is 2.44 bits per heavy atom. The minimum Gasteiger partial charge on any atom is -0.382 e. The van der Waals surface area contributed by atoms with Crippen LogP contribution in [-0.4, -0.2) is 29.3 Å². The van der Waals surface area contributed by atoms with Crippen molar-refractivity contribution < 1.29 is 13.2 Å². The first-order valence-corrected chi connectivity index (χ1v) is 13.0. The van der Waals surface area contributed by atoms with Crippen LogP contribution < -0.4 is 15.9 Å². The Morgan fingerprint density at radius 2 is 1.81 bits per heavy atom. The Morgan fingerprint density at radius 1 is 1.09 bits per heavy atom. The second-order valence-corrected chi connectivity index (χ2v) is 11.0. The number of hydrogen-bond acceptors (Lipinski definition) is 4. The van der Waals surface area contributed by atoms with Crippen LogP contribution in [0.2, 0.25) is 0 Å². The lowest BCUT2D eigenvalue weighted by molar-refractivity contribution is -0.138. The van der Waals surface area contributed by atoms with Crippen molar-refractivity contribution >= 4 is 35.6 Å². The van der Waals surface area contributed by atoms with Gasteiger partial charge in [-0.3, -0.25) is 0 Å². The summed E-state index contributed by atoms with van der Waals surface area (Å²) in [6.07, 6.45) is -2.00. The number of hydrogen-bond donors (Lipinski definition) is 2. The van der Waals surface area contributed by atoms with Gasteiger partial charge in [-0.2, -0.15) is 13.2 Å². The Labute approximate surface area is 187 Å². The third-order valence-electron chi connectivity index (χ3n) is 5.84. The molecule has 0 bridgehead atoms. The molecular weight excluding hydrogens is 432 g/mol. The number of aryl methyl sites for hydroxylation is 1. The van der Waals surface area contributed by atoms with Crippen LogP contribution in [0.15, 0.2) is 30.3 Å². The van der Waals surface area contributed by atoms with E-state index in [4.69, 9.17) is 0 Å². The first kappa shape index (κ1) is 22.8. The van der Waals surface area contributed by atoms with Crippen molar-refractivity contribution in [2.24, 2.45) is 0 Å². The molecular formula is C24H28F3N4P. The molecule has 0 spiro atoms. The third kappa shape index (κ3) is 4.68. The van der Waals surface area contributed by atoms with E-state index in [1.165, 1.54) is 31.1 Å². The molecule has 1 aliphatic carbocycles. The molecule has 1 aromatic heterocycles. The quantitative estimate of drug-likeness (QED) is 0.419. The number of nitrogens with one attached hydrogen (secondary N) is 2. The molecule has 1 saturated carbocycles. The zero-order chi connectivity index (χ0) is 23.2. The van der Waals surface area contributed by atoms with Gasteiger partial charge in [-0.05, 0) is 81.6 Å². The standard InChI is InChI=1S/C24H28F3N4P/c1-13-17(7-6-8-19(13)24(25,26)27)14(2)28-23-18-11-22(32(4)5)21(31-16-9-10-16)12-20(18)29-15(3)30-23/h6-8,11-12,14,16,31H,9-10H2,1-5H3,(H,28,29,30). The fourth-order valence-corrected chi connectivity index (χ4v) is 5.03. The maximum atomic E-state index is 13.4. The molecule has 8 heteroatoms. The van der Waals surface area contributed by atoms with Crippen molar-refractivity contribution in [3.63, 3.8) is 0 Å². The average Bonchev–Trinajstić information content (AvgIpc) is 3.50. The Bertz CT molecular complexity index is 1160. The van der Waals surface area contributed by atoms with Crippen molar-refractivity contribution in [1.29, 1.82) is 0 Å². The highest BCUT2D eigenvalue weighted by Gasteiger charge is 2.33. The predicted molar refractivity (Wildman–Crippen MR) is 128 cm³/mol. The zero-order valence-electron chi connectivity index (χ0n) is 18.9. The van der Waals surface area contributed by atoms with E-state index in [0.29, 0.717) is 23.2 Å². The Kier molecular flexibility index (Phi) is 6.06. The summed E-state index contributed by atoms with van der Waals surface area (Å²) in [5.41, 5.74) is 2.19. The van der Waals surface area contributed by atoms with Gasteiger partial charge in [0.25, 0.3) is 0 Å². The maximum Gasteiger partial charge on any atom is 0.416 e. The molecule has 2 N–H and O–H groups in total. The fraction of sp³-hybridized carbons (Fsp3) is 0.417. The minimum atomic E-state index is -4.38. The molecule has 4 rings (SSSR count). The van der Waals surface area contributed by atoms with Crippen LogP contribution in [0.5, 0.6) is 0 Å². The van der Waals surface area contributed by atoms with Crippen molar-refractivity contribution in [2.75, 3.05) is 24.0 Å². The molecule has 32 heavy (non-hydrogen) atoms. The van der Waals surface area contributed by atoms with E-state index in [1.54, 1.807) is 6.07 Å². The van der Waals surface area contributed by atoms with Crippen LogP contribution >= 0.6 is 7.92 Å². The summed E-state index contributed by atoms with van der Waals surface area (Å²) in [5.74, 6) is 1.27. The number of nitrogens with zero attached hydrogens (tertiary/aromatic N) is 2. The van der Waals surface area contributed by atoms with E-state index >= 15 is 0 Å². The van der Waals surface area contributed by atoms with Gasteiger partial charge in [0.15, 0.2) is 0 Å². The molecule has 4 nitrogen and oxygen atoms in total. The lowest BCUT2D eigenvalue weighted by Crippen LogP contribution is -2.16. The number of benzene rings is 2. The van der Waals surface area contributed by atoms with Crippen molar-refractivity contribution in [1.82, 2.24) is 9.97 Å². The molecule has 1 aliphatic rings. The summed E-state index contributed by atoms with van der Waals surface area (Å²) in [6, 6.07) is 8.73. The number of halogens is 3.